The van der Waals surface area contributed by atoms with Crippen LogP contribution in [0.25, 0.3) is 16.9 Å². The van der Waals surface area contributed by atoms with Crippen LogP contribution in [0.2, 0.25) is 0 Å². The number of aliphatic hydroxyl groups is 4. The lowest BCUT2D eigenvalue weighted by atomic mass is 9.55. The predicted molar refractivity (Wildman–Crippen MR) is 154 cm³/mol. The Morgan fingerprint density at radius 1 is 1.12 bits per heavy atom. The fourth-order valence-electron chi connectivity index (χ4n) is 7.58. The summed E-state index contributed by atoms with van der Waals surface area (Å²) in [6.07, 6.45) is 0.0301. The largest absolute Gasteiger partial charge is 0.508 e. The third-order valence-corrected chi connectivity index (χ3v) is 9.66. The Balaban J connectivity index is 1.53. The van der Waals surface area contributed by atoms with Crippen molar-refractivity contribution in [1.82, 2.24) is 4.90 Å². The van der Waals surface area contributed by atoms with Crippen LogP contribution in [0.4, 0.5) is 0 Å². The Labute approximate surface area is 247 Å². The SMILES string of the molecule is COc1ccc(-c2ccc(O)c3c2C(C)C2C(=C3O)C(=O)C3(O)C(O)=C(C(N)=O)C(=O)CC3C2O)cc1CN1CCCC1. The molecule has 4 aliphatic rings. The number of hydrogen-bond acceptors (Lipinski definition) is 10. The predicted octanol–water partition coefficient (Wildman–Crippen LogP) is 2.23. The molecule has 3 aliphatic carbocycles. The molecule has 2 aromatic rings. The normalized spacial score (nSPS) is 28.9. The molecule has 43 heavy (non-hydrogen) atoms. The topological polar surface area (TPSA) is 191 Å². The number of fused-ring (bicyclic) bond motifs is 3. The van der Waals surface area contributed by atoms with Crippen molar-refractivity contribution in [1.29, 1.82) is 0 Å². The van der Waals surface area contributed by atoms with E-state index in [4.69, 9.17) is 10.5 Å². The van der Waals surface area contributed by atoms with Crippen LogP contribution in [0.3, 0.4) is 0 Å². The van der Waals surface area contributed by atoms with E-state index >= 15 is 0 Å². The molecule has 5 unspecified atom stereocenters. The van der Waals surface area contributed by atoms with E-state index in [1.54, 1.807) is 20.1 Å². The van der Waals surface area contributed by atoms with Crippen molar-refractivity contribution >= 4 is 23.2 Å². The second-order valence-electron chi connectivity index (χ2n) is 11.9. The van der Waals surface area contributed by atoms with Crippen molar-refractivity contribution in [3.63, 3.8) is 0 Å². The number of aromatic hydroxyl groups is 1. The number of phenols is 1. The number of ketones is 2. The molecule has 11 heteroatoms. The van der Waals surface area contributed by atoms with Gasteiger partial charge >= 0.3 is 0 Å². The molecule has 11 nitrogen and oxygen atoms in total. The van der Waals surface area contributed by atoms with Crippen molar-refractivity contribution in [2.24, 2.45) is 17.6 Å². The summed E-state index contributed by atoms with van der Waals surface area (Å²) in [5, 5.41) is 56.5. The van der Waals surface area contributed by atoms with Gasteiger partial charge in [-0.3, -0.25) is 19.3 Å². The zero-order chi connectivity index (χ0) is 31.0. The summed E-state index contributed by atoms with van der Waals surface area (Å²) in [5.74, 6) is -8.23. The second-order valence-corrected chi connectivity index (χ2v) is 11.9. The van der Waals surface area contributed by atoms with Gasteiger partial charge < -0.3 is 36.0 Å². The first-order valence-corrected chi connectivity index (χ1v) is 14.3. The zero-order valence-corrected chi connectivity index (χ0v) is 23.8. The van der Waals surface area contributed by atoms with Crippen LogP contribution >= 0.6 is 0 Å². The third-order valence-electron chi connectivity index (χ3n) is 9.66. The maximum atomic E-state index is 13.9. The van der Waals surface area contributed by atoms with Crippen LogP contribution in [0, 0.1) is 11.8 Å². The van der Waals surface area contributed by atoms with Crippen LogP contribution in [0.5, 0.6) is 11.5 Å². The highest BCUT2D eigenvalue weighted by atomic mass is 16.5. The van der Waals surface area contributed by atoms with E-state index in [2.05, 4.69) is 4.90 Å². The molecule has 1 aliphatic heterocycles. The van der Waals surface area contributed by atoms with E-state index in [-0.39, 0.29) is 11.3 Å². The number of Topliss-reactive ketones (excluding diaryl/α,β-unsaturated/α-hetero) is 2. The van der Waals surface area contributed by atoms with Gasteiger partial charge in [0.15, 0.2) is 11.4 Å². The summed E-state index contributed by atoms with van der Waals surface area (Å²) in [7, 11) is 1.61. The number of carbonyl (C=O) groups is 3. The Kier molecular flexibility index (Phi) is 6.87. The lowest BCUT2D eigenvalue weighted by Crippen LogP contribution is -2.63. The molecule has 1 saturated carbocycles. The molecule has 2 aromatic carbocycles. The van der Waals surface area contributed by atoms with Gasteiger partial charge in [0.2, 0.25) is 5.78 Å². The Bertz CT molecular complexity index is 1640. The van der Waals surface area contributed by atoms with Gasteiger partial charge in [-0.05, 0) is 66.7 Å². The minimum atomic E-state index is -2.87. The number of primary amides is 1. The average molecular weight is 591 g/mol. The van der Waals surface area contributed by atoms with E-state index < -0.39 is 76.0 Å². The van der Waals surface area contributed by atoms with E-state index in [9.17, 15) is 39.9 Å². The molecule has 1 saturated heterocycles. The van der Waals surface area contributed by atoms with E-state index in [0.717, 1.165) is 42.8 Å². The molecule has 0 aromatic heterocycles. The monoisotopic (exact) mass is 590 g/mol. The molecule has 5 atom stereocenters. The van der Waals surface area contributed by atoms with Gasteiger partial charge in [0.1, 0.15) is 28.6 Å². The fraction of sp³-hybridized carbons (Fsp3) is 0.406. The van der Waals surface area contributed by atoms with Gasteiger partial charge in [0, 0.05) is 35.9 Å². The highest BCUT2D eigenvalue weighted by molar-refractivity contribution is 6.23. The number of rotatable bonds is 5. The number of nitrogens with zero attached hydrogens (tertiary/aromatic N) is 1. The number of aliphatic hydroxyl groups excluding tert-OH is 3. The molecule has 6 rings (SSSR count). The van der Waals surface area contributed by atoms with Crippen LogP contribution in [0.1, 0.15) is 48.8 Å². The molecule has 0 radical (unpaired) electrons. The number of benzene rings is 2. The molecule has 0 bridgehead atoms. The minimum Gasteiger partial charge on any atom is -0.508 e. The standard InChI is InChI=1S/C32H34N2O9/c1-14-22-17(15-5-8-21(43-2)16(11-15)13-34-9-3-4-10-34)6-7-19(35)24(22)28(38)26-23(14)27(37)18-12-20(36)25(31(33)41)29(39)32(18,42)30(26)40/h5-8,11,14,18,23,27,35,37-39,42H,3-4,9-10,12-13H2,1-2H3,(H2,33,41). The molecular formula is C32H34N2O9. The van der Waals surface area contributed by atoms with E-state index in [1.165, 1.54) is 6.07 Å². The molecule has 226 valence electrons. The number of likely N-dealkylation sites (tertiary alicyclic amines) is 1. The molecule has 7 N–H and O–H groups in total. The Morgan fingerprint density at radius 2 is 1.81 bits per heavy atom. The maximum Gasteiger partial charge on any atom is 0.255 e. The third kappa shape index (κ3) is 4.10. The molecule has 0 spiro atoms. The summed E-state index contributed by atoms with van der Waals surface area (Å²) in [6.45, 7) is 4.37. The molecule has 1 heterocycles. The highest BCUT2D eigenvalue weighted by Crippen LogP contribution is 2.57. The Hall–Kier alpha value is -4.19. The number of phenolic OH excluding ortho intramolecular Hbond substituents is 1. The number of nitrogens with two attached hydrogens (primary N) is 1. The van der Waals surface area contributed by atoms with Crippen molar-refractivity contribution in [3.05, 3.63) is 63.9 Å². The zero-order valence-electron chi connectivity index (χ0n) is 23.8. The summed E-state index contributed by atoms with van der Waals surface area (Å²) in [5.41, 5.74) is 3.85. The molecule has 2 fully saturated rings. The first kappa shape index (κ1) is 28.9. The van der Waals surface area contributed by atoms with Crippen molar-refractivity contribution in [2.75, 3.05) is 20.2 Å². The first-order valence-electron chi connectivity index (χ1n) is 14.3. The number of amides is 1. The van der Waals surface area contributed by atoms with E-state index in [0.29, 0.717) is 17.7 Å². The lowest BCUT2D eigenvalue weighted by molar-refractivity contribution is -0.160. The summed E-state index contributed by atoms with van der Waals surface area (Å²) >= 11 is 0. The van der Waals surface area contributed by atoms with Gasteiger partial charge in [0.25, 0.3) is 5.91 Å². The quantitative estimate of drug-likeness (QED) is 0.282. The number of hydrogen-bond donors (Lipinski definition) is 6. The summed E-state index contributed by atoms with van der Waals surface area (Å²) in [6, 6.07) is 8.80. The summed E-state index contributed by atoms with van der Waals surface area (Å²) < 4.78 is 5.62. The van der Waals surface area contributed by atoms with Crippen LogP contribution < -0.4 is 10.5 Å². The smallest absolute Gasteiger partial charge is 0.255 e. The van der Waals surface area contributed by atoms with Gasteiger partial charge in [-0.25, -0.2) is 0 Å². The fourth-order valence-corrected chi connectivity index (χ4v) is 7.58. The maximum absolute atomic E-state index is 13.9. The number of carbonyl (C=O) groups excluding carboxylic acids is 3. The van der Waals surface area contributed by atoms with Crippen molar-refractivity contribution < 1.29 is 44.7 Å². The van der Waals surface area contributed by atoms with Crippen molar-refractivity contribution in [3.8, 4) is 22.6 Å². The van der Waals surface area contributed by atoms with Crippen molar-refractivity contribution in [2.45, 2.75) is 50.4 Å². The van der Waals surface area contributed by atoms with Gasteiger partial charge in [-0.1, -0.05) is 19.1 Å². The first-order chi connectivity index (χ1) is 20.4. The van der Waals surface area contributed by atoms with Crippen LogP contribution in [0.15, 0.2) is 47.2 Å². The molecular weight excluding hydrogens is 556 g/mol. The van der Waals surface area contributed by atoms with Gasteiger partial charge in [0.05, 0.1) is 18.8 Å². The van der Waals surface area contributed by atoms with Gasteiger partial charge in [-0.2, -0.15) is 0 Å². The number of methoxy groups -OCH3 is 1. The molecule has 1 amide bonds. The van der Waals surface area contributed by atoms with Crippen LogP contribution in [-0.2, 0) is 20.9 Å². The lowest BCUT2D eigenvalue weighted by Gasteiger charge is -2.50. The minimum absolute atomic E-state index is 0.0405. The highest BCUT2D eigenvalue weighted by Gasteiger charge is 2.65. The second kappa shape index (κ2) is 10.2. The van der Waals surface area contributed by atoms with Crippen LogP contribution in [-0.4, -0.2) is 79.8 Å². The average Bonchev–Trinajstić information content (AvgIpc) is 3.48. The Morgan fingerprint density at radius 3 is 2.47 bits per heavy atom. The van der Waals surface area contributed by atoms with E-state index in [1.807, 2.05) is 18.2 Å². The number of ether oxygens (including phenoxy) is 1. The van der Waals surface area contributed by atoms with Gasteiger partial charge in [-0.15, -0.1) is 0 Å². The summed E-state index contributed by atoms with van der Waals surface area (Å²) in [4.78, 5) is 40.9.